The summed E-state index contributed by atoms with van der Waals surface area (Å²) in [6, 6.07) is 14.4. The maximum absolute atomic E-state index is 11.7. The molecule has 26 heavy (non-hydrogen) atoms. The van der Waals surface area contributed by atoms with Crippen LogP contribution in [-0.4, -0.2) is 32.1 Å². The van der Waals surface area contributed by atoms with Crippen LogP contribution in [0, 0.1) is 0 Å². The van der Waals surface area contributed by atoms with Crippen molar-refractivity contribution in [1.82, 2.24) is 10.9 Å². The van der Waals surface area contributed by atoms with Crippen LogP contribution in [0.2, 0.25) is 0 Å². The number of benzene rings is 2. The number of amides is 2. The first-order valence-electron chi connectivity index (χ1n) is 8.17. The predicted octanol–water partition coefficient (Wildman–Crippen LogP) is 1.86. The van der Waals surface area contributed by atoms with Gasteiger partial charge < -0.3 is 14.2 Å². The Morgan fingerprint density at radius 1 is 0.846 bits per heavy atom. The minimum Gasteiger partial charge on any atom is -0.493 e. The van der Waals surface area contributed by atoms with Crippen LogP contribution in [0.3, 0.4) is 0 Å². The molecule has 0 unspecified atom stereocenters. The molecule has 0 radical (unpaired) electrons. The molecule has 0 aromatic heterocycles. The maximum atomic E-state index is 11.7. The number of hydrogen-bond acceptors (Lipinski definition) is 5. The van der Waals surface area contributed by atoms with E-state index in [1.165, 1.54) is 12.7 Å². The molecule has 7 nitrogen and oxygen atoms in total. The summed E-state index contributed by atoms with van der Waals surface area (Å²) in [5, 5.41) is 0. The van der Waals surface area contributed by atoms with Crippen LogP contribution in [0.4, 0.5) is 0 Å². The topological polar surface area (TPSA) is 85.9 Å². The largest absolute Gasteiger partial charge is 0.493 e. The maximum Gasteiger partial charge on any atom is 0.276 e. The molecule has 0 aliphatic heterocycles. The lowest BCUT2D eigenvalue weighted by Crippen LogP contribution is -2.45. The van der Waals surface area contributed by atoms with Gasteiger partial charge in [0.15, 0.2) is 24.7 Å². The summed E-state index contributed by atoms with van der Waals surface area (Å²) in [5.41, 5.74) is 5.71. The van der Waals surface area contributed by atoms with E-state index in [0.29, 0.717) is 17.2 Å². The van der Waals surface area contributed by atoms with Crippen molar-refractivity contribution in [3.8, 4) is 17.2 Å². The molecule has 138 valence electrons. The zero-order valence-corrected chi connectivity index (χ0v) is 14.8. The Kier molecular flexibility index (Phi) is 7.30. The third-order valence-electron chi connectivity index (χ3n) is 3.47. The standard InChI is InChI=1S/C19H22N2O5/c1-3-14-8-10-15(11-9-14)25-12-18(22)20-21-19(23)13-26-17-7-5-4-6-16(17)24-2/h4-11H,3,12-13H2,1-2H3,(H,20,22)(H,21,23). The van der Waals surface area contributed by atoms with Crippen LogP contribution in [0.15, 0.2) is 48.5 Å². The van der Waals surface area contributed by atoms with E-state index in [0.717, 1.165) is 6.42 Å². The van der Waals surface area contributed by atoms with Gasteiger partial charge in [0, 0.05) is 0 Å². The summed E-state index contributed by atoms with van der Waals surface area (Å²) in [7, 11) is 1.51. The van der Waals surface area contributed by atoms with Gasteiger partial charge in [-0.15, -0.1) is 0 Å². The number of carbonyl (C=O) groups excluding carboxylic acids is 2. The molecule has 0 bridgehead atoms. The Morgan fingerprint density at radius 2 is 1.42 bits per heavy atom. The molecule has 0 spiro atoms. The lowest BCUT2D eigenvalue weighted by Gasteiger charge is -2.11. The van der Waals surface area contributed by atoms with Crippen LogP contribution in [0.25, 0.3) is 0 Å². The van der Waals surface area contributed by atoms with Gasteiger partial charge in [-0.1, -0.05) is 31.2 Å². The van der Waals surface area contributed by atoms with Crippen molar-refractivity contribution in [1.29, 1.82) is 0 Å². The van der Waals surface area contributed by atoms with Crippen molar-refractivity contribution in [3.63, 3.8) is 0 Å². The molecule has 7 heteroatoms. The Balaban J connectivity index is 1.68. The first kappa shape index (κ1) is 19.1. The predicted molar refractivity (Wildman–Crippen MR) is 96.1 cm³/mol. The highest BCUT2D eigenvalue weighted by Crippen LogP contribution is 2.25. The van der Waals surface area contributed by atoms with Crippen molar-refractivity contribution in [2.45, 2.75) is 13.3 Å². The van der Waals surface area contributed by atoms with Crippen LogP contribution in [0.1, 0.15) is 12.5 Å². The quantitative estimate of drug-likeness (QED) is 0.704. The van der Waals surface area contributed by atoms with E-state index in [9.17, 15) is 9.59 Å². The molecule has 2 N–H and O–H groups in total. The smallest absolute Gasteiger partial charge is 0.276 e. The van der Waals surface area contributed by atoms with Gasteiger partial charge in [0.1, 0.15) is 5.75 Å². The highest BCUT2D eigenvalue weighted by Gasteiger charge is 2.08. The summed E-state index contributed by atoms with van der Waals surface area (Å²) in [6.07, 6.45) is 0.934. The van der Waals surface area contributed by atoms with E-state index >= 15 is 0 Å². The van der Waals surface area contributed by atoms with Gasteiger partial charge in [0.25, 0.3) is 11.8 Å². The zero-order chi connectivity index (χ0) is 18.8. The molecule has 2 aromatic carbocycles. The van der Waals surface area contributed by atoms with Crippen molar-refractivity contribution < 1.29 is 23.8 Å². The van der Waals surface area contributed by atoms with Gasteiger partial charge in [0.2, 0.25) is 0 Å². The first-order valence-corrected chi connectivity index (χ1v) is 8.17. The third-order valence-corrected chi connectivity index (χ3v) is 3.47. The Labute approximate surface area is 152 Å². The monoisotopic (exact) mass is 358 g/mol. The minimum absolute atomic E-state index is 0.209. The normalized spacial score (nSPS) is 9.92. The number of nitrogens with one attached hydrogen (secondary N) is 2. The van der Waals surface area contributed by atoms with E-state index in [1.807, 2.05) is 12.1 Å². The summed E-state index contributed by atoms with van der Waals surface area (Å²) in [6.45, 7) is 1.59. The zero-order valence-electron chi connectivity index (χ0n) is 14.8. The Bertz CT molecular complexity index is 731. The molecule has 0 saturated heterocycles. The molecule has 0 atom stereocenters. The van der Waals surface area contributed by atoms with Gasteiger partial charge in [-0.3, -0.25) is 20.4 Å². The Hall–Kier alpha value is -3.22. The molecular formula is C19H22N2O5. The number of methoxy groups -OCH3 is 1. The minimum atomic E-state index is -0.503. The highest BCUT2D eigenvalue weighted by molar-refractivity contribution is 5.83. The summed E-state index contributed by atoms with van der Waals surface area (Å²) in [5.74, 6) is 0.567. The number of hydrazine groups is 1. The van der Waals surface area contributed by atoms with E-state index < -0.39 is 11.8 Å². The van der Waals surface area contributed by atoms with Gasteiger partial charge in [0.05, 0.1) is 7.11 Å². The van der Waals surface area contributed by atoms with Crippen molar-refractivity contribution in [2.24, 2.45) is 0 Å². The van der Waals surface area contributed by atoms with Gasteiger partial charge in [-0.25, -0.2) is 0 Å². The number of hydrogen-bond donors (Lipinski definition) is 2. The molecule has 2 amide bonds. The van der Waals surface area contributed by atoms with Crippen molar-refractivity contribution >= 4 is 11.8 Å². The number of para-hydroxylation sites is 2. The fourth-order valence-electron chi connectivity index (χ4n) is 2.06. The number of carbonyl (C=O) groups is 2. The SMILES string of the molecule is CCc1ccc(OCC(=O)NNC(=O)COc2ccccc2OC)cc1. The molecule has 2 rings (SSSR count). The van der Waals surface area contributed by atoms with Gasteiger partial charge >= 0.3 is 0 Å². The highest BCUT2D eigenvalue weighted by atomic mass is 16.5. The van der Waals surface area contributed by atoms with Crippen molar-refractivity contribution in [2.75, 3.05) is 20.3 Å². The lowest BCUT2D eigenvalue weighted by molar-refractivity contribution is -0.131. The second kappa shape index (κ2) is 9.93. The van der Waals surface area contributed by atoms with Crippen LogP contribution in [-0.2, 0) is 16.0 Å². The van der Waals surface area contributed by atoms with E-state index in [-0.39, 0.29) is 13.2 Å². The lowest BCUT2D eigenvalue weighted by atomic mass is 10.2. The molecular weight excluding hydrogens is 336 g/mol. The molecule has 0 aliphatic carbocycles. The number of rotatable bonds is 8. The Morgan fingerprint density at radius 3 is 2.00 bits per heavy atom. The van der Waals surface area contributed by atoms with Crippen LogP contribution in [0.5, 0.6) is 17.2 Å². The van der Waals surface area contributed by atoms with Gasteiger partial charge in [-0.05, 0) is 36.2 Å². The molecule has 0 fully saturated rings. The second-order valence-electron chi connectivity index (χ2n) is 5.32. The summed E-state index contributed by atoms with van der Waals surface area (Å²) in [4.78, 5) is 23.4. The van der Waals surface area contributed by atoms with Crippen molar-refractivity contribution in [3.05, 3.63) is 54.1 Å². The first-order chi connectivity index (χ1) is 12.6. The molecule has 0 saturated carbocycles. The van der Waals surface area contributed by atoms with E-state index in [1.54, 1.807) is 36.4 Å². The second-order valence-corrected chi connectivity index (χ2v) is 5.32. The van der Waals surface area contributed by atoms with E-state index in [2.05, 4.69) is 17.8 Å². The average Bonchev–Trinajstić information content (AvgIpc) is 2.69. The van der Waals surface area contributed by atoms with E-state index in [4.69, 9.17) is 14.2 Å². The average molecular weight is 358 g/mol. The third kappa shape index (κ3) is 6.01. The fourth-order valence-corrected chi connectivity index (χ4v) is 2.06. The fraction of sp³-hybridized carbons (Fsp3) is 0.263. The number of ether oxygens (including phenoxy) is 3. The summed E-state index contributed by atoms with van der Waals surface area (Å²) < 4.78 is 15.8. The molecule has 0 heterocycles. The molecule has 2 aromatic rings. The van der Waals surface area contributed by atoms with Crippen LogP contribution >= 0.6 is 0 Å². The number of aryl methyl sites for hydroxylation is 1. The molecule has 0 aliphatic rings. The van der Waals surface area contributed by atoms with Gasteiger partial charge in [-0.2, -0.15) is 0 Å². The van der Waals surface area contributed by atoms with Crippen LogP contribution < -0.4 is 25.1 Å². The summed E-state index contributed by atoms with van der Waals surface area (Å²) >= 11 is 0.